The van der Waals surface area contributed by atoms with Crippen molar-refractivity contribution in [3.8, 4) is 0 Å². The van der Waals surface area contributed by atoms with Gasteiger partial charge in [0.25, 0.3) is 0 Å². The molecule has 324 valence electrons. The third-order valence-electron chi connectivity index (χ3n) is 21.1. The first-order valence-corrected chi connectivity index (χ1v) is 25.4. The molecule has 8 rings (SSSR count). The van der Waals surface area contributed by atoms with Crippen LogP contribution in [0.25, 0.3) is 0 Å². The van der Waals surface area contributed by atoms with Crippen molar-refractivity contribution in [3.05, 3.63) is 23.3 Å². The Bertz CT molecular complexity index is 1370. The zero-order chi connectivity index (χ0) is 40.7. The lowest BCUT2D eigenvalue weighted by Gasteiger charge is -2.60. The van der Waals surface area contributed by atoms with Gasteiger partial charge in [-0.2, -0.15) is 0 Å². The van der Waals surface area contributed by atoms with E-state index in [0.717, 1.165) is 84.9 Å². The number of hydrogen-bond donors (Lipinski definition) is 2. The summed E-state index contributed by atoms with van der Waals surface area (Å²) >= 11 is 0. The molecule has 0 saturated heterocycles. The van der Waals surface area contributed by atoms with Crippen LogP contribution in [0, 0.1) is 92.7 Å². The molecule has 0 heterocycles. The second-order valence-electron chi connectivity index (χ2n) is 24.6. The Hall–Kier alpha value is -0.640. The molecule has 0 aromatic carbocycles. The quantitative estimate of drug-likeness (QED) is 0.194. The molecule has 18 atom stereocenters. The fourth-order valence-corrected chi connectivity index (χ4v) is 17.9. The average molecular weight is 787 g/mol. The Morgan fingerprint density at radius 1 is 0.561 bits per heavy atom. The van der Waals surface area contributed by atoms with Gasteiger partial charge >= 0.3 is 0 Å². The van der Waals surface area contributed by atoms with Gasteiger partial charge in [0.2, 0.25) is 0 Å². The second kappa shape index (κ2) is 16.2. The first-order valence-electron chi connectivity index (χ1n) is 25.4. The molecule has 8 aliphatic rings. The van der Waals surface area contributed by atoms with Gasteiger partial charge < -0.3 is 14.9 Å². The van der Waals surface area contributed by atoms with Crippen molar-refractivity contribution >= 4 is 0 Å². The minimum absolute atomic E-state index is 0.0547. The van der Waals surface area contributed by atoms with Crippen LogP contribution in [0.15, 0.2) is 23.3 Å². The third-order valence-corrected chi connectivity index (χ3v) is 21.1. The minimum Gasteiger partial charge on any atom is -0.392 e. The van der Waals surface area contributed by atoms with Gasteiger partial charge in [-0.15, -0.1) is 0 Å². The highest BCUT2D eigenvalue weighted by Gasteiger charge is 2.63. The van der Waals surface area contributed by atoms with Gasteiger partial charge in [0, 0.05) is 23.7 Å². The lowest BCUT2D eigenvalue weighted by atomic mass is 9.46. The van der Waals surface area contributed by atoms with E-state index in [1.54, 1.807) is 0 Å². The van der Waals surface area contributed by atoms with Crippen LogP contribution in [0.4, 0.5) is 0 Å². The van der Waals surface area contributed by atoms with E-state index in [9.17, 15) is 10.2 Å². The second-order valence-corrected chi connectivity index (χ2v) is 24.6. The van der Waals surface area contributed by atoms with Crippen molar-refractivity contribution in [3.63, 3.8) is 0 Å². The summed E-state index contributed by atoms with van der Waals surface area (Å²) in [6.07, 6.45) is 29.7. The van der Waals surface area contributed by atoms with Gasteiger partial charge in [-0.05, 0) is 159 Å². The van der Waals surface area contributed by atoms with Crippen molar-refractivity contribution < 1.29 is 14.9 Å². The highest BCUT2D eigenvalue weighted by molar-refractivity contribution is 5.30. The van der Waals surface area contributed by atoms with Gasteiger partial charge in [-0.3, -0.25) is 0 Å². The predicted molar refractivity (Wildman–Crippen MR) is 238 cm³/mol. The lowest BCUT2D eigenvalue weighted by molar-refractivity contribution is -0.148. The van der Waals surface area contributed by atoms with Crippen LogP contribution in [0.1, 0.15) is 198 Å². The van der Waals surface area contributed by atoms with Crippen molar-refractivity contribution in [2.24, 2.45) is 92.7 Å². The van der Waals surface area contributed by atoms with Crippen LogP contribution >= 0.6 is 0 Å². The van der Waals surface area contributed by atoms with E-state index in [1.165, 1.54) is 114 Å². The number of allylic oxidation sites excluding steroid dienone is 2. The van der Waals surface area contributed by atoms with E-state index in [4.69, 9.17) is 4.74 Å². The summed E-state index contributed by atoms with van der Waals surface area (Å²) in [6, 6.07) is 0. The summed E-state index contributed by atoms with van der Waals surface area (Å²) in [6.45, 7) is 24.9. The van der Waals surface area contributed by atoms with E-state index in [0.29, 0.717) is 22.7 Å². The molecule has 3 nitrogen and oxygen atoms in total. The number of aliphatic hydroxyl groups excluding tert-OH is 2. The van der Waals surface area contributed by atoms with E-state index in [-0.39, 0.29) is 35.2 Å². The Morgan fingerprint density at radius 2 is 0.965 bits per heavy atom. The molecular formula is C54H90O3. The minimum atomic E-state index is -0.343. The SMILES string of the molecule is CC(C)CCC[C@@H](C)[C@H]1CC[C@H]2[C@@H]3CC=C4CC(OC5CC6=CC[C@H]7[C@@H]8CC[C@H]([C@H](C)CCCC(C)C)[C@@]8(C)CC[C@@H]7[C@@]6(C)C(O)C5)CC(O)[C@]4(C)[C@H]3CC[C@]12C. The monoisotopic (exact) mass is 787 g/mol. The first kappa shape index (κ1) is 43.0. The average Bonchev–Trinajstić information content (AvgIpc) is 3.69. The van der Waals surface area contributed by atoms with Gasteiger partial charge in [-0.1, -0.05) is 131 Å². The molecule has 57 heavy (non-hydrogen) atoms. The molecule has 0 bridgehead atoms. The van der Waals surface area contributed by atoms with Crippen molar-refractivity contribution in [1.82, 2.24) is 0 Å². The van der Waals surface area contributed by atoms with E-state index in [2.05, 4.69) is 81.4 Å². The summed E-state index contributed by atoms with van der Waals surface area (Å²) < 4.78 is 7.08. The molecular weight excluding hydrogens is 697 g/mol. The molecule has 0 aliphatic heterocycles. The van der Waals surface area contributed by atoms with Gasteiger partial charge in [0.15, 0.2) is 0 Å². The zero-order valence-corrected chi connectivity index (χ0v) is 38.8. The Labute approximate surface area is 351 Å². The molecule has 0 amide bonds. The smallest absolute Gasteiger partial charge is 0.0658 e. The zero-order valence-electron chi connectivity index (χ0n) is 38.8. The topological polar surface area (TPSA) is 49.7 Å². The Morgan fingerprint density at radius 3 is 1.35 bits per heavy atom. The number of rotatable bonds is 12. The molecule has 3 heteroatoms. The molecule has 6 fully saturated rings. The maximum absolute atomic E-state index is 12.2. The Balaban J connectivity index is 0.905. The van der Waals surface area contributed by atoms with E-state index < -0.39 is 0 Å². The van der Waals surface area contributed by atoms with E-state index in [1.807, 2.05) is 0 Å². The molecule has 0 aromatic rings. The van der Waals surface area contributed by atoms with E-state index >= 15 is 0 Å². The highest BCUT2D eigenvalue weighted by Crippen LogP contribution is 2.69. The number of hydrogen-bond acceptors (Lipinski definition) is 3. The lowest BCUT2D eigenvalue weighted by Crippen LogP contribution is -2.57. The number of fused-ring (bicyclic) bond motifs is 10. The first-order chi connectivity index (χ1) is 27.0. The highest BCUT2D eigenvalue weighted by atomic mass is 16.5. The van der Waals surface area contributed by atoms with Crippen molar-refractivity contribution in [2.75, 3.05) is 0 Å². The number of aliphatic hydroxyl groups is 2. The summed E-state index contributed by atoms with van der Waals surface area (Å²) in [5, 5.41) is 24.5. The maximum Gasteiger partial charge on any atom is 0.0658 e. The van der Waals surface area contributed by atoms with Gasteiger partial charge in [-0.25, -0.2) is 0 Å². The van der Waals surface area contributed by atoms with Gasteiger partial charge in [0.05, 0.1) is 24.4 Å². The summed E-state index contributed by atoms with van der Waals surface area (Å²) in [4.78, 5) is 0. The van der Waals surface area contributed by atoms with Crippen LogP contribution in [0.5, 0.6) is 0 Å². The number of ether oxygens (including phenoxy) is 1. The summed E-state index contributed by atoms with van der Waals surface area (Å²) in [7, 11) is 0. The molecule has 2 N–H and O–H groups in total. The van der Waals surface area contributed by atoms with Crippen molar-refractivity contribution in [1.29, 1.82) is 0 Å². The standard InChI is InChI=1S/C54H90O3/c1-33(2)13-11-15-35(5)43-21-23-45-41-19-17-37-29-39(31-49(55)53(37,9)47(41)25-27-51(43,45)7)57-40-30-38-18-20-42-46-24-22-44(36(6)16-12-14-34(3)4)52(46,8)28-26-48(42)54(38,10)50(56)32-40/h17-18,33-36,39-50,55-56H,11-16,19-32H2,1-10H3/t35-,36-,39?,40?,41+,42+,43-,44-,45+,46+,47+,48+,49?,50?,51-,52-,53+,54+/m1/s1. The van der Waals surface area contributed by atoms with Crippen LogP contribution in [-0.4, -0.2) is 34.6 Å². The molecule has 6 saturated carbocycles. The fraction of sp³-hybridized carbons (Fsp3) is 0.926. The molecule has 0 spiro atoms. The fourth-order valence-electron chi connectivity index (χ4n) is 17.9. The van der Waals surface area contributed by atoms with Crippen LogP contribution in [0.2, 0.25) is 0 Å². The third kappa shape index (κ3) is 7.26. The largest absolute Gasteiger partial charge is 0.392 e. The summed E-state index contributed by atoms with van der Waals surface area (Å²) in [5.41, 5.74) is 3.72. The van der Waals surface area contributed by atoms with Crippen LogP contribution < -0.4 is 0 Å². The van der Waals surface area contributed by atoms with Gasteiger partial charge in [0.1, 0.15) is 0 Å². The molecule has 8 aliphatic carbocycles. The normalized spacial score (nSPS) is 48.9. The van der Waals surface area contributed by atoms with Crippen LogP contribution in [-0.2, 0) is 4.74 Å². The summed E-state index contributed by atoms with van der Waals surface area (Å²) in [5.74, 6) is 9.27. The predicted octanol–water partition coefficient (Wildman–Crippen LogP) is 13.8. The Kier molecular flexibility index (Phi) is 12.3. The van der Waals surface area contributed by atoms with Crippen molar-refractivity contribution in [2.45, 2.75) is 222 Å². The molecule has 0 radical (unpaired) electrons. The maximum atomic E-state index is 12.2. The molecule has 0 aromatic heterocycles. The molecule has 4 unspecified atom stereocenters. The van der Waals surface area contributed by atoms with Crippen LogP contribution in [0.3, 0.4) is 0 Å².